The fraction of sp³-hybridized carbons (Fsp3) is 0.263. The number of aromatic hydroxyl groups is 1. The average molecular weight is 338 g/mol. The number of nitrogens with one attached hydrogen (secondary N) is 1. The van der Waals surface area contributed by atoms with Gasteiger partial charge in [-0.25, -0.2) is 0 Å². The Labute approximate surface area is 144 Å². The van der Waals surface area contributed by atoms with Gasteiger partial charge < -0.3 is 14.8 Å². The Kier molecular flexibility index (Phi) is 3.80. The Hall–Kier alpha value is -3.02. The second kappa shape index (κ2) is 6.12. The summed E-state index contributed by atoms with van der Waals surface area (Å²) in [7, 11) is 0. The minimum atomic E-state index is -0.421. The van der Waals surface area contributed by atoms with Gasteiger partial charge in [-0.15, -0.1) is 0 Å². The summed E-state index contributed by atoms with van der Waals surface area (Å²) in [5.74, 6) is 1.23. The molecular formula is C19H18N2O4. The smallest absolute Gasteiger partial charge is 0.271 e. The molecule has 0 radical (unpaired) electrons. The molecule has 0 bridgehead atoms. The maximum atomic E-state index is 10.9. The number of hydrogen-bond acceptors (Lipinski definition) is 5. The number of nitrogens with zero attached hydrogens (tertiary/aromatic N) is 1. The molecule has 1 heterocycles. The lowest BCUT2D eigenvalue weighted by molar-refractivity contribution is -0.384. The molecule has 0 fully saturated rings. The van der Waals surface area contributed by atoms with E-state index in [2.05, 4.69) is 5.32 Å². The molecule has 0 amide bonds. The molecule has 2 N–H and O–H groups in total. The zero-order chi connectivity index (χ0) is 17.4. The van der Waals surface area contributed by atoms with Crippen molar-refractivity contribution < 1.29 is 14.4 Å². The van der Waals surface area contributed by atoms with Crippen LogP contribution in [0.15, 0.2) is 40.8 Å². The van der Waals surface area contributed by atoms with Crippen molar-refractivity contribution >= 4 is 22.3 Å². The fourth-order valence-corrected chi connectivity index (χ4v) is 3.52. The zero-order valence-corrected chi connectivity index (χ0v) is 13.6. The maximum Gasteiger partial charge on any atom is 0.271 e. The van der Waals surface area contributed by atoms with Crippen LogP contribution in [-0.2, 0) is 19.4 Å². The summed E-state index contributed by atoms with van der Waals surface area (Å²) >= 11 is 0. The predicted molar refractivity (Wildman–Crippen MR) is 94.9 cm³/mol. The van der Waals surface area contributed by atoms with Crippen molar-refractivity contribution in [2.75, 3.05) is 5.32 Å². The fourth-order valence-electron chi connectivity index (χ4n) is 3.52. The topological polar surface area (TPSA) is 88.5 Å². The Morgan fingerprint density at radius 2 is 2.04 bits per heavy atom. The van der Waals surface area contributed by atoms with Gasteiger partial charge in [-0.2, -0.15) is 0 Å². The molecule has 3 aromatic rings. The van der Waals surface area contributed by atoms with Crippen molar-refractivity contribution in [3.8, 4) is 5.75 Å². The average Bonchev–Trinajstić information content (AvgIpc) is 3.00. The van der Waals surface area contributed by atoms with Crippen molar-refractivity contribution in [1.29, 1.82) is 0 Å². The first-order valence-electron chi connectivity index (χ1n) is 8.37. The standard InChI is InChI=1S/C19H18N2O4/c22-16-8-9-18-19(14-6-1-2-7-17(14)25-18)15(16)11-20-12-4-3-5-13(10-12)21(23)24/h3-5,8-10,20,22H,1-2,6-7,11H2. The van der Waals surface area contributed by atoms with Gasteiger partial charge in [-0.05, 0) is 37.5 Å². The zero-order valence-electron chi connectivity index (χ0n) is 13.6. The third kappa shape index (κ3) is 2.80. The molecule has 0 aliphatic heterocycles. The number of phenols is 1. The van der Waals surface area contributed by atoms with Crippen molar-refractivity contribution in [3.05, 3.63) is 63.4 Å². The predicted octanol–water partition coefficient (Wildman–Crippen LogP) is 4.54. The van der Waals surface area contributed by atoms with E-state index in [0.717, 1.165) is 48.0 Å². The lowest BCUT2D eigenvalue weighted by Gasteiger charge is -2.12. The highest BCUT2D eigenvalue weighted by molar-refractivity contribution is 5.88. The quantitative estimate of drug-likeness (QED) is 0.538. The van der Waals surface area contributed by atoms with E-state index >= 15 is 0 Å². The van der Waals surface area contributed by atoms with Crippen molar-refractivity contribution in [3.63, 3.8) is 0 Å². The molecule has 1 aliphatic carbocycles. The highest BCUT2D eigenvalue weighted by atomic mass is 16.6. The maximum absolute atomic E-state index is 10.9. The van der Waals surface area contributed by atoms with Gasteiger partial charge in [0.2, 0.25) is 0 Å². The van der Waals surface area contributed by atoms with Crippen LogP contribution in [0.3, 0.4) is 0 Å². The van der Waals surface area contributed by atoms with Gasteiger partial charge in [0.1, 0.15) is 17.1 Å². The van der Waals surface area contributed by atoms with Crippen LogP contribution < -0.4 is 5.32 Å². The lowest BCUT2D eigenvalue weighted by Crippen LogP contribution is -2.03. The van der Waals surface area contributed by atoms with Gasteiger partial charge in [0.05, 0.1) is 4.92 Å². The van der Waals surface area contributed by atoms with E-state index in [9.17, 15) is 15.2 Å². The van der Waals surface area contributed by atoms with Crippen molar-refractivity contribution in [1.82, 2.24) is 0 Å². The highest BCUT2D eigenvalue weighted by Gasteiger charge is 2.21. The molecule has 0 saturated carbocycles. The van der Waals surface area contributed by atoms with Crippen molar-refractivity contribution in [2.45, 2.75) is 32.2 Å². The van der Waals surface area contributed by atoms with Gasteiger partial charge in [-0.1, -0.05) is 6.07 Å². The van der Waals surface area contributed by atoms with E-state index in [1.165, 1.54) is 17.7 Å². The molecule has 6 heteroatoms. The van der Waals surface area contributed by atoms with Crippen LogP contribution in [0.4, 0.5) is 11.4 Å². The number of phenolic OH excluding ortho intramolecular Hbond substituents is 1. The Balaban J connectivity index is 1.69. The number of rotatable bonds is 4. The number of non-ortho nitro benzene ring substituents is 1. The summed E-state index contributed by atoms with van der Waals surface area (Å²) in [6.45, 7) is 0.371. The summed E-state index contributed by atoms with van der Waals surface area (Å²) < 4.78 is 5.96. The minimum Gasteiger partial charge on any atom is -0.508 e. The van der Waals surface area contributed by atoms with E-state index < -0.39 is 4.92 Å². The normalized spacial score (nSPS) is 13.6. The van der Waals surface area contributed by atoms with Crippen molar-refractivity contribution in [2.24, 2.45) is 0 Å². The van der Waals surface area contributed by atoms with Crippen LogP contribution in [0.25, 0.3) is 11.0 Å². The number of furan rings is 1. The van der Waals surface area contributed by atoms with Gasteiger partial charge in [0.25, 0.3) is 5.69 Å². The van der Waals surface area contributed by atoms with Crippen LogP contribution in [-0.4, -0.2) is 10.0 Å². The molecule has 0 atom stereocenters. The third-order valence-corrected chi connectivity index (χ3v) is 4.73. The Morgan fingerprint density at radius 3 is 2.88 bits per heavy atom. The number of nitro benzene ring substituents is 1. The van der Waals surface area contributed by atoms with Crippen LogP contribution in [0.5, 0.6) is 5.75 Å². The third-order valence-electron chi connectivity index (χ3n) is 4.73. The Morgan fingerprint density at radius 1 is 1.20 bits per heavy atom. The first-order chi connectivity index (χ1) is 12.1. The number of anilines is 1. The highest BCUT2D eigenvalue weighted by Crippen LogP contribution is 2.37. The molecule has 0 unspecified atom stereocenters. The summed E-state index contributed by atoms with van der Waals surface area (Å²) in [5, 5.41) is 25.4. The Bertz CT molecular complexity index is 961. The van der Waals surface area contributed by atoms with E-state index in [1.54, 1.807) is 24.3 Å². The lowest BCUT2D eigenvalue weighted by atomic mass is 9.93. The number of hydrogen-bond donors (Lipinski definition) is 2. The first kappa shape index (κ1) is 15.5. The molecule has 128 valence electrons. The molecule has 2 aromatic carbocycles. The number of fused-ring (bicyclic) bond motifs is 3. The summed E-state index contributed by atoms with van der Waals surface area (Å²) in [4.78, 5) is 10.5. The van der Waals surface area contributed by atoms with Gasteiger partial charge in [0.15, 0.2) is 0 Å². The summed E-state index contributed by atoms with van der Waals surface area (Å²) in [5.41, 5.74) is 3.43. The minimum absolute atomic E-state index is 0.0353. The largest absolute Gasteiger partial charge is 0.508 e. The van der Waals surface area contributed by atoms with E-state index in [4.69, 9.17) is 4.42 Å². The molecule has 0 spiro atoms. The van der Waals surface area contributed by atoms with Crippen LogP contribution in [0, 0.1) is 10.1 Å². The van der Waals surface area contributed by atoms with Gasteiger partial charge in [-0.3, -0.25) is 10.1 Å². The van der Waals surface area contributed by atoms with Crippen LogP contribution >= 0.6 is 0 Å². The number of benzene rings is 2. The summed E-state index contributed by atoms with van der Waals surface area (Å²) in [6, 6.07) is 9.80. The van der Waals surface area contributed by atoms with E-state index in [1.807, 2.05) is 0 Å². The van der Waals surface area contributed by atoms with Gasteiger partial charge in [0, 0.05) is 47.3 Å². The van der Waals surface area contributed by atoms with Crippen LogP contribution in [0.1, 0.15) is 29.7 Å². The molecule has 1 aromatic heterocycles. The molecule has 4 rings (SSSR count). The van der Waals surface area contributed by atoms with Crippen LogP contribution in [0.2, 0.25) is 0 Å². The number of nitro groups is 1. The summed E-state index contributed by atoms with van der Waals surface area (Å²) in [6.07, 6.45) is 4.13. The molecular weight excluding hydrogens is 320 g/mol. The van der Waals surface area contributed by atoms with E-state index in [0.29, 0.717) is 12.2 Å². The first-order valence-corrected chi connectivity index (χ1v) is 8.37. The molecule has 1 aliphatic rings. The molecule has 6 nitrogen and oxygen atoms in total. The monoisotopic (exact) mass is 338 g/mol. The second-order valence-electron chi connectivity index (χ2n) is 6.31. The van der Waals surface area contributed by atoms with Gasteiger partial charge >= 0.3 is 0 Å². The van der Waals surface area contributed by atoms with E-state index in [-0.39, 0.29) is 11.4 Å². The SMILES string of the molecule is O=[N+]([O-])c1cccc(NCc2c(O)ccc3oc4c(c23)CCCC4)c1. The molecule has 25 heavy (non-hydrogen) atoms. The second-order valence-corrected chi connectivity index (χ2v) is 6.31. The number of aryl methyl sites for hydroxylation is 2. The molecule has 0 saturated heterocycles.